The van der Waals surface area contributed by atoms with Crippen molar-refractivity contribution in [3.05, 3.63) is 38.4 Å². The molecule has 0 aromatic heterocycles. The van der Waals surface area contributed by atoms with Crippen LogP contribution in [0.3, 0.4) is 0 Å². The van der Waals surface area contributed by atoms with Crippen LogP contribution in [0.5, 0.6) is 5.75 Å². The van der Waals surface area contributed by atoms with Gasteiger partial charge in [-0.25, -0.2) is 4.99 Å². The van der Waals surface area contributed by atoms with Crippen LogP contribution in [0.2, 0.25) is 0 Å². The highest BCUT2D eigenvalue weighted by Crippen LogP contribution is 2.30. The van der Waals surface area contributed by atoms with Gasteiger partial charge in [0, 0.05) is 11.0 Å². The number of nitro benzene ring substituents is 1. The number of nitrogens with one attached hydrogen (secondary N) is 2. The summed E-state index contributed by atoms with van der Waals surface area (Å²) in [7, 11) is 1.26. The van der Waals surface area contributed by atoms with Gasteiger partial charge < -0.3 is 4.74 Å². The van der Waals surface area contributed by atoms with Gasteiger partial charge in [0.05, 0.1) is 17.7 Å². The van der Waals surface area contributed by atoms with Crippen molar-refractivity contribution >= 4 is 29.1 Å². The third-order valence-electron chi connectivity index (χ3n) is 2.79. The van der Waals surface area contributed by atoms with Gasteiger partial charge in [0.2, 0.25) is 5.96 Å². The molecule has 2 amide bonds. The van der Waals surface area contributed by atoms with Crippen molar-refractivity contribution < 1.29 is 24.2 Å². The number of amides is 2. The fraction of sp³-hybridized carbons (Fsp3) is 0.182. The molecule has 1 aliphatic rings. The normalized spacial score (nSPS) is 17.1. The molecule has 0 atom stereocenters. The number of benzene rings is 1. The molecule has 1 heterocycles. The average Bonchev–Trinajstić information content (AvgIpc) is 2.45. The summed E-state index contributed by atoms with van der Waals surface area (Å²) in [6, 6.07) is 1.61. The summed E-state index contributed by atoms with van der Waals surface area (Å²) < 4.78 is 4.82. The Balaban J connectivity index is 2.31. The molecule has 1 fully saturated rings. The smallest absolute Gasteiger partial charge is 0.366 e. The Labute approximate surface area is 127 Å². The number of carbonyl (C=O) groups excluding carboxylic acids is 2. The molecule has 1 aromatic carbocycles. The quantitative estimate of drug-likeness (QED) is 0.427. The van der Waals surface area contributed by atoms with Crippen molar-refractivity contribution in [1.82, 2.24) is 10.6 Å². The van der Waals surface area contributed by atoms with Gasteiger partial charge in [0.1, 0.15) is 0 Å². The fourth-order valence-electron chi connectivity index (χ4n) is 1.79. The van der Waals surface area contributed by atoms with E-state index in [4.69, 9.17) is 4.74 Å². The number of aliphatic imine (C=N–C) groups is 1. The zero-order chi connectivity index (χ0) is 17.1. The summed E-state index contributed by atoms with van der Waals surface area (Å²) in [6.07, 6.45) is 0. The third kappa shape index (κ3) is 3.20. The van der Waals surface area contributed by atoms with Crippen LogP contribution in [0.15, 0.2) is 23.2 Å². The van der Waals surface area contributed by atoms with Gasteiger partial charge in [-0.1, -0.05) is 0 Å². The molecular formula is C11H9N5O7. The Morgan fingerprint density at radius 3 is 2.26 bits per heavy atom. The molecule has 1 saturated heterocycles. The van der Waals surface area contributed by atoms with Gasteiger partial charge >= 0.3 is 23.5 Å². The molecule has 0 saturated carbocycles. The number of carbonyl (C=O) groups is 2. The van der Waals surface area contributed by atoms with Crippen LogP contribution in [-0.4, -0.2) is 40.8 Å². The lowest BCUT2D eigenvalue weighted by molar-refractivity contribution is -0.494. The summed E-state index contributed by atoms with van der Waals surface area (Å²) in [5.74, 6) is -2.66. The van der Waals surface area contributed by atoms with Crippen molar-refractivity contribution in [1.29, 1.82) is 0 Å². The molecule has 0 spiro atoms. The highest BCUT2D eigenvalue weighted by atomic mass is 16.6. The van der Waals surface area contributed by atoms with E-state index in [0.717, 1.165) is 6.07 Å². The van der Waals surface area contributed by atoms with E-state index in [2.05, 4.69) is 4.99 Å². The van der Waals surface area contributed by atoms with Crippen LogP contribution in [0.4, 0.5) is 11.4 Å². The van der Waals surface area contributed by atoms with Crippen LogP contribution in [-0.2, 0) is 9.59 Å². The van der Waals surface area contributed by atoms with Gasteiger partial charge in [-0.2, -0.15) is 0 Å². The first-order chi connectivity index (χ1) is 10.8. The van der Waals surface area contributed by atoms with Crippen LogP contribution in [0, 0.1) is 20.2 Å². The molecule has 23 heavy (non-hydrogen) atoms. The number of nitro groups is 2. The molecule has 0 aliphatic carbocycles. The van der Waals surface area contributed by atoms with E-state index in [-0.39, 0.29) is 23.1 Å². The number of nitrogens with zero attached hydrogens (tertiary/aromatic N) is 3. The van der Waals surface area contributed by atoms with Crippen molar-refractivity contribution in [3.8, 4) is 5.75 Å². The summed E-state index contributed by atoms with van der Waals surface area (Å²) in [6.45, 7) is 0. The number of rotatable bonds is 4. The summed E-state index contributed by atoms with van der Waals surface area (Å²) in [4.78, 5) is 46.6. The first-order valence-corrected chi connectivity index (χ1v) is 6.00. The number of hydrogen-bond donors (Lipinski definition) is 2. The first kappa shape index (κ1) is 15.8. The maximum absolute atomic E-state index is 11.5. The number of methoxy groups -OCH3 is 1. The second-order valence-electron chi connectivity index (χ2n) is 4.24. The van der Waals surface area contributed by atoms with Gasteiger partial charge in [0.15, 0.2) is 5.75 Å². The van der Waals surface area contributed by atoms with Crippen LogP contribution >= 0.6 is 0 Å². The fourth-order valence-corrected chi connectivity index (χ4v) is 1.79. The van der Waals surface area contributed by atoms with E-state index in [9.17, 15) is 29.8 Å². The minimum Gasteiger partial charge on any atom is -0.490 e. The van der Waals surface area contributed by atoms with E-state index < -0.39 is 27.7 Å². The van der Waals surface area contributed by atoms with E-state index in [1.54, 1.807) is 0 Å². The summed E-state index contributed by atoms with van der Waals surface area (Å²) in [5, 5.41) is 25.6. The monoisotopic (exact) mass is 323 g/mol. The molecule has 12 nitrogen and oxygen atoms in total. The van der Waals surface area contributed by atoms with Crippen LogP contribution < -0.4 is 15.4 Å². The maximum atomic E-state index is 11.5. The first-order valence-electron chi connectivity index (χ1n) is 6.00. The topological polar surface area (TPSA) is 166 Å². The zero-order valence-corrected chi connectivity index (χ0v) is 11.5. The highest BCUT2D eigenvalue weighted by Gasteiger charge is 2.43. The molecule has 0 radical (unpaired) electrons. The van der Waals surface area contributed by atoms with E-state index in [0.29, 0.717) is 0 Å². The number of guanidine groups is 1. The largest absolute Gasteiger partial charge is 0.490 e. The predicted octanol–water partition coefficient (Wildman–Crippen LogP) is -0.518. The molecule has 12 heteroatoms. The van der Waals surface area contributed by atoms with Gasteiger partial charge in [-0.15, -0.1) is 0 Å². The lowest BCUT2D eigenvalue weighted by Gasteiger charge is -2.17. The van der Waals surface area contributed by atoms with Gasteiger partial charge in [0.25, 0.3) is 0 Å². The molecule has 1 aliphatic heterocycles. The number of hydrogen-bond acceptors (Lipinski definition) is 8. The van der Waals surface area contributed by atoms with E-state index in [1.807, 2.05) is 10.6 Å². The van der Waals surface area contributed by atoms with Gasteiger partial charge in [-0.3, -0.25) is 40.5 Å². The van der Waals surface area contributed by atoms with Crippen LogP contribution in [0.1, 0.15) is 0 Å². The van der Waals surface area contributed by atoms with Crippen molar-refractivity contribution in [3.63, 3.8) is 0 Å². The molecule has 1 aromatic rings. The molecule has 0 bridgehead atoms. The lowest BCUT2D eigenvalue weighted by Crippen LogP contribution is -2.61. The van der Waals surface area contributed by atoms with E-state index in [1.165, 1.54) is 19.2 Å². The second-order valence-corrected chi connectivity index (χ2v) is 4.24. The lowest BCUT2D eigenvalue weighted by atomic mass is 10.2. The predicted molar refractivity (Wildman–Crippen MR) is 73.8 cm³/mol. The molecule has 0 unspecified atom stereocenters. The zero-order valence-electron chi connectivity index (χ0n) is 11.5. The third-order valence-corrected chi connectivity index (χ3v) is 2.79. The van der Waals surface area contributed by atoms with Crippen LogP contribution in [0.25, 0.3) is 0 Å². The highest BCUT2D eigenvalue weighted by molar-refractivity contribution is 6.19. The Morgan fingerprint density at radius 2 is 1.78 bits per heavy atom. The summed E-state index contributed by atoms with van der Waals surface area (Å²) in [5.41, 5.74) is -0.335. The molecule has 2 N–H and O–H groups in total. The Kier molecular flexibility index (Phi) is 4.16. The number of ether oxygens (including phenoxy) is 1. The average molecular weight is 323 g/mol. The van der Waals surface area contributed by atoms with E-state index >= 15 is 0 Å². The minimum atomic E-state index is -2.07. The van der Waals surface area contributed by atoms with Crippen molar-refractivity contribution in [2.24, 2.45) is 4.99 Å². The molecule has 2 rings (SSSR count). The molecule has 120 valence electrons. The standard InChI is InChI=1S/C11H9N5O7/c1-23-7-3-2-5(4-6(7)15(19)20)12-11-13-9(17)8(16(21)22)10(18)14-11/h2-4,8H,1H3,(H2,12,13,14,17,18). The van der Waals surface area contributed by atoms with Crippen molar-refractivity contribution in [2.75, 3.05) is 7.11 Å². The Bertz CT molecular complexity index is 724. The second kappa shape index (κ2) is 6.05. The Hall–Kier alpha value is -3.57. The molecular weight excluding hydrogens is 314 g/mol. The van der Waals surface area contributed by atoms with Gasteiger partial charge in [-0.05, 0) is 12.1 Å². The maximum Gasteiger partial charge on any atom is 0.366 e. The summed E-state index contributed by atoms with van der Waals surface area (Å²) >= 11 is 0. The van der Waals surface area contributed by atoms with Crippen molar-refractivity contribution in [2.45, 2.75) is 6.04 Å². The Morgan fingerprint density at radius 1 is 1.17 bits per heavy atom. The SMILES string of the molecule is COc1ccc(N=C2NC(=O)C([N+](=O)[O-])C(=O)N2)cc1[N+](=O)[O-]. The minimum absolute atomic E-state index is 0.00378.